The first kappa shape index (κ1) is 36.5. The number of para-hydroxylation sites is 4. The van der Waals surface area contributed by atoms with Crippen molar-refractivity contribution < 1.29 is 9.30 Å². The van der Waals surface area contributed by atoms with Crippen molar-refractivity contribution in [2.24, 2.45) is 0 Å². The minimum Gasteiger partial charge on any atom is -0.453 e. The third kappa shape index (κ3) is 5.71. The van der Waals surface area contributed by atoms with Gasteiger partial charge in [0, 0.05) is 21.6 Å². The molecule has 3 nitrogen and oxygen atoms in total. The zero-order valence-electron chi connectivity index (χ0n) is 32.7. The standard InChI is InChI=1S/C54H39NO2P2Si/c56-59(42-22-8-2-9-23-42,43-24-10-3-11-25-43)44-35-37-52-54(39-44)60(45-26-12-4-13-27-45,46-28-14-5-15-29-46)53-38-40(34-36-51(53)58(52)41-20-6-1-7-21-41)55-47-30-16-18-32-49(47)57-50-33-19-17-31-48(50)55/h1-39H. The van der Waals surface area contributed by atoms with E-state index in [0.29, 0.717) is 0 Å². The highest BCUT2D eigenvalue weighted by atomic mass is 31.2. The van der Waals surface area contributed by atoms with Gasteiger partial charge in [-0.25, -0.2) is 0 Å². The summed E-state index contributed by atoms with van der Waals surface area (Å²) in [5, 5.41) is 11.7. The maximum absolute atomic E-state index is 16.3. The molecule has 0 amide bonds. The van der Waals surface area contributed by atoms with Crippen LogP contribution >= 0.6 is 15.1 Å². The Kier molecular flexibility index (Phi) is 9.09. The first-order chi connectivity index (χ1) is 29.7. The Labute approximate surface area is 353 Å². The smallest absolute Gasteiger partial charge is 0.181 e. The summed E-state index contributed by atoms with van der Waals surface area (Å²) >= 11 is 0. The third-order valence-electron chi connectivity index (χ3n) is 12.0. The van der Waals surface area contributed by atoms with E-state index < -0.39 is 23.1 Å². The second kappa shape index (κ2) is 14.9. The summed E-state index contributed by atoms with van der Waals surface area (Å²) in [7, 11) is -7.57. The van der Waals surface area contributed by atoms with Gasteiger partial charge >= 0.3 is 0 Å². The van der Waals surface area contributed by atoms with Crippen LogP contribution in [-0.2, 0) is 4.57 Å². The summed E-state index contributed by atoms with van der Waals surface area (Å²) < 4.78 is 22.8. The zero-order chi connectivity index (χ0) is 40.1. The predicted molar refractivity (Wildman–Crippen MR) is 256 cm³/mol. The molecule has 0 radical (unpaired) electrons. The number of anilines is 3. The monoisotopic (exact) mass is 823 g/mol. The van der Waals surface area contributed by atoms with Crippen LogP contribution in [0.4, 0.5) is 17.1 Å². The van der Waals surface area contributed by atoms with Crippen LogP contribution in [0.3, 0.4) is 0 Å². The number of ether oxygens (including phenoxy) is 1. The fourth-order valence-corrected chi connectivity index (χ4v) is 21.1. The van der Waals surface area contributed by atoms with E-state index in [9.17, 15) is 0 Å². The molecule has 0 saturated heterocycles. The van der Waals surface area contributed by atoms with Crippen molar-refractivity contribution in [3.05, 3.63) is 237 Å². The lowest BCUT2D eigenvalue weighted by Crippen LogP contribution is -2.81. The minimum absolute atomic E-state index is 0.822. The summed E-state index contributed by atoms with van der Waals surface area (Å²) in [6.07, 6.45) is 0. The summed E-state index contributed by atoms with van der Waals surface area (Å²) in [4.78, 5) is 2.36. The van der Waals surface area contributed by atoms with Gasteiger partial charge in [0.05, 0.1) is 11.4 Å². The SMILES string of the molecule is O=P(c1ccccc1)(c1ccccc1)c1ccc2c(c1)[Si](c1ccccc1)(c1ccccc1)c1cc(N3c4ccccc4Oc4ccccc43)ccc1P2c1ccccc1. The molecule has 0 aliphatic carbocycles. The highest BCUT2D eigenvalue weighted by molar-refractivity contribution is 7.85. The Morgan fingerprint density at radius 1 is 0.417 bits per heavy atom. The Morgan fingerprint density at radius 3 is 1.38 bits per heavy atom. The molecule has 286 valence electrons. The highest BCUT2D eigenvalue weighted by Gasteiger charge is 2.50. The molecule has 0 fully saturated rings. The fourth-order valence-electron chi connectivity index (χ4n) is 9.37. The predicted octanol–water partition coefficient (Wildman–Crippen LogP) is 8.35. The van der Waals surface area contributed by atoms with Crippen molar-refractivity contribution in [2.75, 3.05) is 4.90 Å². The van der Waals surface area contributed by atoms with Crippen LogP contribution in [0, 0.1) is 0 Å². The van der Waals surface area contributed by atoms with Crippen LogP contribution in [0.5, 0.6) is 11.5 Å². The molecule has 9 aromatic carbocycles. The lowest BCUT2D eigenvalue weighted by molar-refractivity contribution is 0.477. The largest absolute Gasteiger partial charge is 0.453 e. The van der Waals surface area contributed by atoms with Crippen molar-refractivity contribution in [1.82, 2.24) is 0 Å². The van der Waals surface area contributed by atoms with Crippen LogP contribution < -0.4 is 62.2 Å². The Bertz CT molecular complexity index is 2930. The molecule has 0 saturated carbocycles. The van der Waals surface area contributed by atoms with E-state index in [2.05, 4.69) is 157 Å². The quantitative estimate of drug-likeness (QED) is 0.120. The minimum atomic E-state index is -3.34. The Balaban J connectivity index is 1.27. The van der Waals surface area contributed by atoms with Gasteiger partial charge in [-0.3, -0.25) is 0 Å². The van der Waals surface area contributed by atoms with Crippen molar-refractivity contribution in [3.63, 3.8) is 0 Å². The molecule has 2 heterocycles. The number of hydrogen-bond acceptors (Lipinski definition) is 3. The van der Waals surface area contributed by atoms with E-state index in [1.807, 2.05) is 84.9 Å². The topological polar surface area (TPSA) is 29.5 Å². The Morgan fingerprint density at radius 2 is 0.850 bits per heavy atom. The lowest BCUT2D eigenvalue weighted by atomic mass is 10.1. The van der Waals surface area contributed by atoms with E-state index in [1.165, 1.54) is 36.7 Å². The molecule has 0 bridgehead atoms. The van der Waals surface area contributed by atoms with Gasteiger partial charge in [-0.2, -0.15) is 0 Å². The van der Waals surface area contributed by atoms with Crippen molar-refractivity contribution in [3.8, 4) is 11.5 Å². The highest BCUT2D eigenvalue weighted by Crippen LogP contribution is 2.50. The van der Waals surface area contributed by atoms with Gasteiger partial charge < -0.3 is 14.2 Å². The molecule has 0 aromatic heterocycles. The first-order valence-electron chi connectivity index (χ1n) is 20.3. The maximum atomic E-state index is 16.3. The molecule has 9 aromatic rings. The van der Waals surface area contributed by atoms with E-state index in [-0.39, 0.29) is 0 Å². The summed E-state index contributed by atoms with van der Waals surface area (Å²) in [5.74, 6) is 1.64. The van der Waals surface area contributed by atoms with E-state index in [0.717, 1.165) is 44.5 Å². The second-order valence-corrected chi connectivity index (χ2v) is 23.9. The third-order valence-corrected chi connectivity index (χ3v) is 22.8. The van der Waals surface area contributed by atoms with Gasteiger partial charge in [0.2, 0.25) is 0 Å². The molecule has 2 aliphatic heterocycles. The number of benzene rings is 9. The molecule has 0 spiro atoms. The molecule has 60 heavy (non-hydrogen) atoms. The van der Waals surface area contributed by atoms with Gasteiger partial charge in [-0.1, -0.05) is 194 Å². The summed E-state index contributed by atoms with van der Waals surface area (Å²) in [6.45, 7) is 0. The molecule has 2 aliphatic rings. The molecule has 1 unspecified atom stereocenters. The number of nitrogens with zero attached hydrogens (tertiary/aromatic N) is 1. The Hall–Kier alpha value is -6.54. The van der Waals surface area contributed by atoms with E-state index in [4.69, 9.17) is 4.74 Å². The molecule has 11 rings (SSSR count). The van der Waals surface area contributed by atoms with Crippen LogP contribution in [0.2, 0.25) is 0 Å². The fraction of sp³-hybridized carbons (Fsp3) is 0. The zero-order valence-corrected chi connectivity index (χ0v) is 35.5. The van der Waals surface area contributed by atoms with Gasteiger partial charge in [0.15, 0.2) is 26.7 Å². The van der Waals surface area contributed by atoms with Crippen LogP contribution in [0.15, 0.2) is 237 Å². The van der Waals surface area contributed by atoms with Crippen LogP contribution in [0.1, 0.15) is 0 Å². The summed E-state index contributed by atoms with van der Waals surface area (Å²) in [5.41, 5.74) is 3.07. The average Bonchev–Trinajstić information content (AvgIpc) is 3.33. The summed E-state index contributed by atoms with van der Waals surface area (Å²) in [6, 6.07) is 84.1. The van der Waals surface area contributed by atoms with Crippen molar-refractivity contribution in [2.45, 2.75) is 0 Å². The average molecular weight is 824 g/mol. The van der Waals surface area contributed by atoms with Gasteiger partial charge in [-0.05, 0) is 87.0 Å². The second-order valence-electron chi connectivity index (χ2n) is 15.2. The molecular formula is C54H39NO2P2Si. The van der Waals surface area contributed by atoms with Crippen molar-refractivity contribution >= 4 is 92.8 Å². The van der Waals surface area contributed by atoms with Crippen molar-refractivity contribution in [1.29, 1.82) is 0 Å². The van der Waals surface area contributed by atoms with E-state index in [1.54, 1.807) is 0 Å². The van der Waals surface area contributed by atoms with Gasteiger partial charge in [0.1, 0.15) is 0 Å². The van der Waals surface area contributed by atoms with Crippen LogP contribution in [-0.4, -0.2) is 8.07 Å². The van der Waals surface area contributed by atoms with Gasteiger partial charge in [-0.15, -0.1) is 0 Å². The van der Waals surface area contributed by atoms with Crippen LogP contribution in [0.25, 0.3) is 0 Å². The maximum Gasteiger partial charge on any atom is 0.181 e. The first-order valence-corrected chi connectivity index (χ1v) is 25.3. The van der Waals surface area contributed by atoms with E-state index >= 15 is 4.57 Å². The van der Waals surface area contributed by atoms with Gasteiger partial charge in [0.25, 0.3) is 0 Å². The number of hydrogen-bond donors (Lipinski definition) is 0. The lowest BCUT2D eigenvalue weighted by Gasteiger charge is -2.44. The molecule has 1 atom stereocenters. The molecular weight excluding hydrogens is 785 g/mol. The number of fused-ring (bicyclic) bond motifs is 4. The number of rotatable bonds is 7. The normalized spacial score (nSPS) is 14.8. The molecule has 6 heteroatoms. The molecule has 0 N–H and O–H groups in total.